The van der Waals surface area contributed by atoms with Crippen molar-refractivity contribution in [3.8, 4) is 0 Å². The molecule has 28 heavy (non-hydrogen) atoms. The number of halogens is 1. The largest absolute Gasteiger partial charge is 0.379 e. The van der Waals surface area contributed by atoms with Crippen LogP contribution in [0.15, 0.2) is 24.3 Å². The van der Waals surface area contributed by atoms with E-state index >= 15 is 0 Å². The molecule has 148 valence electrons. The number of morpholine rings is 1. The average Bonchev–Trinajstić information content (AvgIpc) is 2.97. The summed E-state index contributed by atoms with van der Waals surface area (Å²) in [5.74, 6) is 1.57. The van der Waals surface area contributed by atoms with E-state index in [0.29, 0.717) is 6.54 Å². The van der Waals surface area contributed by atoms with Gasteiger partial charge in [0.05, 0.1) is 25.1 Å². The van der Waals surface area contributed by atoms with Crippen LogP contribution < -0.4 is 4.90 Å². The molecule has 0 N–H and O–H groups in total. The second-order valence-electron chi connectivity index (χ2n) is 7.30. The van der Waals surface area contributed by atoms with Crippen LogP contribution in [0.2, 0.25) is 0 Å². The first-order chi connectivity index (χ1) is 13.5. The van der Waals surface area contributed by atoms with Crippen molar-refractivity contribution in [2.75, 3.05) is 38.3 Å². The van der Waals surface area contributed by atoms with Crippen molar-refractivity contribution in [2.45, 2.75) is 26.9 Å². The summed E-state index contributed by atoms with van der Waals surface area (Å²) in [6.07, 6.45) is 0. The maximum absolute atomic E-state index is 13.2. The van der Waals surface area contributed by atoms with Crippen LogP contribution in [0, 0.1) is 19.7 Å². The van der Waals surface area contributed by atoms with Crippen LogP contribution in [-0.2, 0) is 17.8 Å². The smallest absolute Gasteiger partial charge is 0.146 e. The highest BCUT2D eigenvalue weighted by atomic mass is 32.1. The van der Waals surface area contributed by atoms with Gasteiger partial charge in [-0.2, -0.15) is 0 Å². The third-order valence-corrected chi connectivity index (χ3v) is 6.32. The first-order valence-corrected chi connectivity index (χ1v) is 10.3. The number of hydrogen-bond acceptors (Lipinski definition) is 6. The minimum Gasteiger partial charge on any atom is -0.379 e. The normalized spacial score (nSPS) is 15.3. The number of fused-ring (bicyclic) bond motifs is 1. The highest BCUT2D eigenvalue weighted by molar-refractivity contribution is 7.18. The fraction of sp³-hybridized carbons (Fsp3) is 0.429. The Balaban J connectivity index is 1.68. The van der Waals surface area contributed by atoms with Gasteiger partial charge in [0, 0.05) is 31.6 Å². The van der Waals surface area contributed by atoms with E-state index in [-0.39, 0.29) is 5.82 Å². The molecule has 0 saturated carbocycles. The molecular weight excluding hydrogens is 375 g/mol. The zero-order chi connectivity index (χ0) is 19.7. The predicted molar refractivity (Wildman–Crippen MR) is 111 cm³/mol. The van der Waals surface area contributed by atoms with Gasteiger partial charge in [-0.3, -0.25) is 4.90 Å². The van der Waals surface area contributed by atoms with Crippen LogP contribution in [0.1, 0.15) is 21.8 Å². The lowest BCUT2D eigenvalue weighted by molar-refractivity contribution is 0.0331. The quantitative estimate of drug-likeness (QED) is 0.649. The van der Waals surface area contributed by atoms with Gasteiger partial charge in [0.15, 0.2) is 0 Å². The molecule has 0 atom stereocenters. The molecule has 1 aliphatic rings. The van der Waals surface area contributed by atoms with Crippen LogP contribution in [0.5, 0.6) is 0 Å². The molecule has 7 heteroatoms. The number of nitrogens with zero attached hydrogens (tertiary/aromatic N) is 4. The number of ether oxygens (including phenoxy) is 1. The van der Waals surface area contributed by atoms with Crippen molar-refractivity contribution in [1.29, 1.82) is 0 Å². The molecule has 1 aliphatic heterocycles. The molecule has 1 aromatic carbocycles. The number of hydrogen-bond donors (Lipinski definition) is 0. The minimum absolute atomic E-state index is 0.215. The molecule has 0 radical (unpaired) electrons. The maximum Gasteiger partial charge on any atom is 0.146 e. The van der Waals surface area contributed by atoms with Gasteiger partial charge in [-0.15, -0.1) is 11.3 Å². The van der Waals surface area contributed by atoms with Crippen LogP contribution in [-0.4, -0.2) is 48.2 Å². The second kappa shape index (κ2) is 8.11. The van der Waals surface area contributed by atoms with E-state index in [1.165, 1.54) is 22.6 Å². The summed E-state index contributed by atoms with van der Waals surface area (Å²) < 4.78 is 18.7. The van der Waals surface area contributed by atoms with E-state index in [4.69, 9.17) is 14.7 Å². The summed E-state index contributed by atoms with van der Waals surface area (Å²) in [4.78, 5) is 16.6. The van der Waals surface area contributed by atoms with Gasteiger partial charge < -0.3 is 9.64 Å². The summed E-state index contributed by atoms with van der Waals surface area (Å²) in [5.41, 5.74) is 2.29. The zero-order valence-corrected chi connectivity index (χ0v) is 17.4. The van der Waals surface area contributed by atoms with Gasteiger partial charge >= 0.3 is 0 Å². The van der Waals surface area contributed by atoms with Crippen LogP contribution in [0.3, 0.4) is 0 Å². The maximum atomic E-state index is 13.2. The highest BCUT2D eigenvalue weighted by Crippen LogP contribution is 2.35. The van der Waals surface area contributed by atoms with Crippen molar-refractivity contribution >= 4 is 27.4 Å². The summed E-state index contributed by atoms with van der Waals surface area (Å²) in [6, 6.07) is 6.65. The van der Waals surface area contributed by atoms with Gasteiger partial charge in [0.2, 0.25) is 0 Å². The van der Waals surface area contributed by atoms with Gasteiger partial charge in [0.25, 0.3) is 0 Å². The fourth-order valence-electron chi connectivity index (χ4n) is 3.52. The molecular formula is C21H25FN4OS. The van der Waals surface area contributed by atoms with Gasteiger partial charge in [0.1, 0.15) is 22.3 Å². The fourth-order valence-corrected chi connectivity index (χ4v) is 4.56. The summed E-state index contributed by atoms with van der Waals surface area (Å²) >= 11 is 1.72. The zero-order valence-electron chi connectivity index (χ0n) is 16.5. The minimum atomic E-state index is -0.215. The monoisotopic (exact) mass is 400 g/mol. The van der Waals surface area contributed by atoms with Crippen LogP contribution in [0.25, 0.3) is 10.2 Å². The first-order valence-electron chi connectivity index (χ1n) is 9.53. The van der Waals surface area contributed by atoms with Crippen molar-refractivity contribution in [3.05, 3.63) is 51.9 Å². The number of aryl methyl sites for hydroxylation is 2. The van der Waals surface area contributed by atoms with Gasteiger partial charge in [-0.25, -0.2) is 14.4 Å². The number of aromatic nitrogens is 2. The standard InChI is InChI=1S/C21H25FN4OS/c1-14-15(2)28-21-19(14)20(25(3)12-16-4-6-17(22)7-5-16)23-18(24-21)13-26-8-10-27-11-9-26/h4-7H,8-13H2,1-3H3. The molecule has 1 fully saturated rings. The number of rotatable bonds is 5. The lowest BCUT2D eigenvalue weighted by Crippen LogP contribution is -2.36. The van der Waals surface area contributed by atoms with Crippen LogP contribution >= 0.6 is 11.3 Å². The first kappa shape index (κ1) is 19.2. The molecule has 2 aromatic heterocycles. The average molecular weight is 401 g/mol. The van der Waals surface area contributed by atoms with Crippen molar-refractivity contribution in [2.24, 2.45) is 0 Å². The van der Waals surface area contributed by atoms with Crippen molar-refractivity contribution in [1.82, 2.24) is 14.9 Å². The molecule has 5 nitrogen and oxygen atoms in total. The predicted octanol–water partition coefficient (Wildman–Crippen LogP) is 3.92. The highest BCUT2D eigenvalue weighted by Gasteiger charge is 2.19. The molecule has 4 rings (SSSR count). The number of benzene rings is 1. The Morgan fingerprint density at radius 1 is 1.14 bits per heavy atom. The summed E-state index contributed by atoms with van der Waals surface area (Å²) in [6.45, 7) is 8.99. The Hall–Kier alpha value is -2.09. The molecule has 0 bridgehead atoms. The lowest BCUT2D eigenvalue weighted by atomic mass is 10.1. The Labute approximate surface area is 168 Å². The molecule has 0 amide bonds. The van der Waals surface area contributed by atoms with Gasteiger partial charge in [-0.1, -0.05) is 12.1 Å². The molecule has 0 aliphatic carbocycles. The molecule has 0 unspecified atom stereocenters. The Bertz CT molecular complexity index is 967. The molecule has 3 aromatic rings. The molecule has 3 heterocycles. The van der Waals surface area contributed by atoms with E-state index < -0.39 is 0 Å². The Morgan fingerprint density at radius 3 is 2.57 bits per heavy atom. The number of anilines is 1. The van der Waals surface area contributed by atoms with Crippen molar-refractivity contribution in [3.63, 3.8) is 0 Å². The van der Waals surface area contributed by atoms with E-state index in [0.717, 1.165) is 60.3 Å². The summed E-state index contributed by atoms with van der Waals surface area (Å²) in [5, 5.41) is 1.12. The second-order valence-corrected chi connectivity index (χ2v) is 8.50. The van der Waals surface area contributed by atoms with E-state index in [9.17, 15) is 4.39 Å². The third-order valence-electron chi connectivity index (χ3n) is 5.22. The van der Waals surface area contributed by atoms with E-state index in [1.54, 1.807) is 11.3 Å². The lowest BCUT2D eigenvalue weighted by Gasteiger charge is -2.26. The SMILES string of the molecule is Cc1sc2nc(CN3CCOCC3)nc(N(C)Cc3ccc(F)cc3)c2c1C. The topological polar surface area (TPSA) is 41.5 Å². The van der Waals surface area contributed by atoms with Crippen LogP contribution in [0.4, 0.5) is 10.2 Å². The van der Waals surface area contributed by atoms with Gasteiger partial charge in [-0.05, 0) is 37.1 Å². The molecule has 1 saturated heterocycles. The Morgan fingerprint density at radius 2 is 1.86 bits per heavy atom. The molecule has 0 spiro atoms. The van der Waals surface area contributed by atoms with Crippen molar-refractivity contribution < 1.29 is 9.13 Å². The third kappa shape index (κ3) is 4.01. The van der Waals surface area contributed by atoms with E-state index in [1.807, 2.05) is 19.2 Å². The summed E-state index contributed by atoms with van der Waals surface area (Å²) in [7, 11) is 2.04. The Kier molecular flexibility index (Phi) is 5.57. The number of thiophene rings is 1. The van der Waals surface area contributed by atoms with E-state index in [2.05, 4.69) is 23.6 Å².